The summed E-state index contributed by atoms with van der Waals surface area (Å²) in [6.07, 6.45) is 12.7. The Morgan fingerprint density at radius 1 is 1.14 bits per heavy atom. The summed E-state index contributed by atoms with van der Waals surface area (Å²) in [6.45, 7) is 9.21. The molecule has 0 radical (unpaired) electrons. The molecule has 5 heterocycles. The monoisotopic (exact) mass is 575 g/mol. The summed E-state index contributed by atoms with van der Waals surface area (Å²) >= 11 is 0. The summed E-state index contributed by atoms with van der Waals surface area (Å²) in [5, 5.41) is 8.86. The highest BCUT2D eigenvalue weighted by atomic mass is 16.6. The number of amides is 1. The molecule has 2 aliphatic heterocycles. The Balaban J connectivity index is 1.18. The number of hydrogen-bond donors (Lipinski definition) is 0. The van der Waals surface area contributed by atoms with Crippen molar-refractivity contribution in [2.45, 2.75) is 70.1 Å². The molecule has 0 N–H and O–H groups in total. The van der Waals surface area contributed by atoms with Crippen molar-refractivity contribution in [3.8, 4) is 17.0 Å². The average Bonchev–Trinajstić information content (AvgIpc) is 3.42. The lowest BCUT2D eigenvalue weighted by Crippen LogP contribution is -2.54. The van der Waals surface area contributed by atoms with E-state index in [1.54, 1.807) is 19.5 Å². The van der Waals surface area contributed by atoms with Crippen molar-refractivity contribution >= 4 is 11.8 Å². The Labute approximate surface area is 247 Å². The van der Waals surface area contributed by atoms with Gasteiger partial charge >= 0.3 is 6.09 Å². The number of piperidine rings is 1. The zero-order chi connectivity index (χ0) is 29.3. The molecule has 2 saturated heterocycles. The maximum Gasteiger partial charge on any atom is 0.410 e. The number of ether oxygens (including phenoxy) is 3. The topological polar surface area (TPSA) is 108 Å². The van der Waals surface area contributed by atoms with E-state index in [4.69, 9.17) is 19.2 Å². The highest BCUT2D eigenvalue weighted by molar-refractivity contribution is 5.69. The summed E-state index contributed by atoms with van der Waals surface area (Å²) in [5.74, 6) is 1.24. The first-order chi connectivity index (χ1) is 20.2. The molecule has 11 heteroatoms. The Morgan fingerprint density at radius 3 is 2.62 bits per heavy atom. The molecule has 6 rings (SSSR count). The standard InChI is InChI=1S/C31H41N7O4/c1-30(2,3)42-29(39)37(17-22-7-5-8-22)25-9-6-12-36(18-25)24-10-11-28(33-15-24)31(20-41-21-31)38-19-27(34-35-38)23-13-26(40-4)16-32-14-23/h10-11,13-16,19,22,25H,5-9,12,17-18,20-21H2,1-4H3/t25-/m1/s1. The molecule has 224 valence electrons. The van der Waals surface area contributed by atoms with Gasteiger partial charge in [-0.15, -0.1) is 5.10 Å². The Bertz CT molecular complexity index is 1380. The van der Waals surface area contributed by atoms with Gasteiger partial charge in [-0.05, 0) is 70.6 Å². The van der Waals surface area contributed by atoms with Crippen molar-refractivity contribution in [2.24, 2.45) is 5.92 Å². The van der Waals surface area contributed by atoms with E-state index in [-0.39, 0.29) is 12.1 Å². The molecular weight excluding hydrogens is 534 g/mol. The van der Waals surface area contributed by atoms with Crippen LogP contribution in [0.25, 0.3) is 11.3 Å². The average molecular weight is 576 g/mol. The Morgan fingerprint density at radius 2 is 1.98 bits per heavy atom. The van der Waals surface area contributed by atoms with Crippen LogP contribution in [0.5, 0.6) is 5.75 Å². The van der Waals surface area contributed by atoms with Crippen molar-refractivity contribution in [1.82, 2.24) is 29.9 Å². The van der Waals surface area contributed by atoms with Gasteiger partial charge in [0.1, 0.15) is 17.0 Å². The third kappa shape index (κ3) is 5.79. The summed E-state index contributed by atoms with van der Waals surface area (Å²) < 4.78 is 18.7. The van der Waals surface area contributed by atoms with Crippen LogP contribution in [0.3, 0.4) is 0 Å². The van der Waals surface area contributed by atoms with E-state index >= 15 is 0 Å². The van der Waals surface area contributed by atoms with Gasteiger partial charge in [0.15, 0.2) is 5.54 Å². The summed E-state index contributed by atoms with van der Waals surface area (Å²) in [4.78, 5) is 26.8. The van der Waals surface area contributed by atoms with Crippen LogP contribution in [0.2, 0.25) is 0 Å². The lowest BCUT2D eigenvalue weighted by Gasteiger charge is -2.43. The molecule has 3 aromatic heterocycles. The minimum absolute atomic E-state index is 0.111. The van der Waals surface area contributed by atoms with E-state index in [9.17, 15) is 4.79 Å². The number of hydrogen-bond acceptors (Lipinski definition) is 9. The third-order valence-electron chi connectivity index (χ3n) is 8.59. The van der Waals surface area contributed by atoms with Crippen LogP contribution in [0.1, 0.15) is 58.6 Å². The molecule has 1 amide bonds. The van der Waals surface area contributed by atoms with Crippen LogP contribution >= 0.6 is 0 Å². The smallest absolute Gasteiger partial charge is 0.410 e. The second-order valence-electron chi connectivity index (χ2n) is 12.8. The lowest BCUT2D eigenvalue weighted by molar-refractivity contribution is -0.0851. The van der Waals surface area contributed by atoms with Crippen LogP contribution in [-0.2, 0) is 15.0 Å². The molecule has 1 atom stereocenters. The van der Waals surface area contributed by atoms with Crippen LogP contribution in [0.4, 0.5) is 10.5 Å². The maximum atomic E-state index is 13.3. The Kier molecular flexibility index (Phi) is 7.78. The van der Waals surface area contributed by atoms with E-state index in [1.165, 1.54) is 19.3 Å². The van der Waals surface area contributed by atoms with Gasteiger partial charge in [-0.25, -0.2) is 9.48 Å². The highest BCUT2D eigenvalue weighted by Gasteiger charge is 2.45. The number of methoxy groups -OCH3 is 1. The second kappa shape index (κ2) is 11.5. The molecule has 11 nitrogen and oxygen atoms in total. The van der Waals surface area contributed by atoms with Gasteiger partial charge in [0, 0.05) is 31.4 Å². The molecule has 1 saturated carbocycles. The quantitative estimate of drug-likeness (QED) is 0.383. The van der Waals surface area contributed by atoms with E-state index in [2.05, 4.69) is 32.3 Å². The van der Waals surface area contributed by atoms with Crippen LogP contribution < -0.4 is 9.64 Å². The van der Waals surface area contributed by atoms with Crippen molar-refractivity contribution in [1.29, 1.82) is 0 Å². The van der Waals surface area contributed by atoms with E-state index in [0.29, 0.717) is 30.6 Å². The molecular formula is C31H41N7O4. The van der Waals surface area contributed by atoms with Gasteiger partial charge in [0.25, 0.3) is 0 Å². The fraction of sp³-hybridized carbons (Fsp3) is 0.581. The number of aromatic nitrogens is 5. The predicted molar refractivity (Wildman–Crippen MR) is 157 cm³/mol. The largest absolute Gasteiger partial charge is 0.495 e. The first-order valence-corrected chi connectivity index (χ1v) is 15.0. The molecule has 0 aromatic carbocycles. The van der Waals surface area contributed by atoms with Crippen LogP contribution in [-0.4, -0.2) is 87.6 Å². The molecule has 3 aliphatic rings. The van der Waals surface area contributed by atoms with Gasteiger partial charge in [-0.2, -0.15) is 0 Å². The van der Waals surface area contributed by atoms with Gasteiger partial charge < -0.3 is 24.0 Å². The minimum Gasteiger partial charge on any atom is -0.495 e. The van der Waals surface area contributed by atoms with Crippen molar-refractivity contribution in [3.05, 3.63) is 48.7 Å². The number of pyridine rings is 2. The zero-order valence-corrected chi connectivity index (χ0v) is 25.0. The van der Waals surface area contributed by atoms with Crippen LogP contribution in [0.15, 0.2) is 43.0 Å². The van der Waals surface area contributed by atoms with Gasteiger partial charge in [0.2, 0.25) is 0 Å². The minimum atomic E-state index is -0.517. The maximum absolute atomic E-state index is 13.3. The SMILES string of the molecule is COc1cncc(-c2cn(C3(c4ccc(N5CCC[C@@H](N(CC6CCC6)C(=O)OC(C)(C)C)C5)cn4)COC3)nn2)c1. The van der Waals surface area contributed by atoms with Gasteiger partial charge in [-0.1, -0.05) is 11.6 Å². The number of carbonyl (C=O) groups excluding carboxylic acids is 1. The zero-order valence-electron chi connectivity index (χ0n) is 25.0. The lowest BCUT2D eigenvalue weighted by atomic mass is 9.84. The normalized spacial score (nSPS) is 20.4. The van der Waals surface area contributed by atoms with Gasteiger partial charge in [-0.3, -0.25) is 9.97 Å². The summed E-state index contributed by atoms with van der Waals surface area (Å²) in [7, 11) is 1.62. The van der Waals surface area contributed by atoms with E-state index in [0.717, 1.165) is 49.4 Å². The highest BCUT2D eigenvalue weighted by Crippen LogP contribution is 2.35. The molecule has 3 fully saturated rings. The molecule has 0 bridgehead atoms. The van der Waals surface area contributed by atoms with Crippen LogP contribution in [0, 0.1) is 5.92 Å². The number of anilines is 1. The third-order valence-corrected chi connectivity index (χ3v) is 8.59. The predicted octanol–water partition coefficient (Wildman–Crippen LogP) is 4.52. The summed E-state index contributed by atoms with van der Waals surface area (Å²) in [5.41, 5.74) is 2.44. The number of carbonyl (C=O) groups is 1. The molecule has 1 aliphatic carbocycles. The van der Waals surface area contributed by atoms with Crippen molar-refractivity contribution in [3.63, 3.8) is 0 Å². The Hall–Kier alpha value is -3.73. The number of nitrogens with zero attached hydrogens (tertiary/aromatic N) is 7. The van der Waals surface area contributed by atoms with Crippen molar-refractivity contribution < 1.29 is 19.0 Å². The first-order valence-electron chi connectivity index (χ1n) is 15.0. The van der Waals surface area contributed by atoms with Gasteiger partial charge in [0.05, 0.1) is 56.3 Å². The summed E-state index contributed by atoms with van der Waals surface area (Å²) in [6, 6.07) is 6.19. The molecule has 3 aromatic rings. The molecule has 0 spiro atoms. The first kappa shape index (κ1) is 28.4. The fourth-order valence-electron chi connectivity index (χ4n) is 5.91. The molecule has 42 heavy (non-hydrogen) atoms. The van der Waals surface area contributed by atoms with E-state index in [1.807, 2.05) is 48.8 Å². The second-order valence-corrected chi connectivity index (χ2v) is 12.8. The fourth-order valence-corrected chi connectivity index (χ4v) is 5.91. The van der Waals surface area contributed by atoms with E-state index < -0.39 is 11.1 Å². The number of rotatable bonds is 8. The van der Waals surface area contributed by atoms with Crippen molar-refractivity contribution in [2.75, 3.05) is 44.9 Å². The molecule has 0 unspecified atom stereocenters.